The quantitative estimate of drug-likeness (QED) is 0.736. The number of aliphatic carboxylic acids is 1. The number of carboxylic acids is 1. The molecular weight excluding hydrogens is 314 g/mol. The lowest BCUT2D eigenvalue weighted by Gasteiger charge is -2.22. The van der Waals surface area contributed by atoms with Gasteiger partial charge in [-0.05, 0) is 52.3 Å². The van der Waals surface area contributed by atoms with E-state index in [-0.39, 0.29) is 18.3 Å². The molecule has 7 heteroatoms. The highest BCUT2D eigenvalue weighted by Gasteiger charge is 2.24. The number of carboxylic acid groups (broad SMARTS) is 1. The van der Waals surface area contributed by atoms with Crippen molar-refractivity contribution in [1.82, 2.24) is 5.32 Å². The van der Waals surface area contributed by atoms with E-state index in [1.54, 1.807) is 32.9 Å². The van der Waals surface area contributed by atoms with Gasteiger partial charge in [0.1, 0.15) is 11.6 Å². The van der Waals surface area contributed by atoms with E-state index in [0.29, 0.717) is 11.3 Å². The fourth-order valence-corrected chi connectivity index (χ4v) is 1.93. The fourth-order valence-electron chi connectivity index (χ4n) is 1.93. The van der Waals surface area contributed by atoms with Gasteiger partial charge in [-0.3, -0.25) is 0 Å². The summed E-state index contributed by atoms with van der Waals surface area (Å²) in [5.41, 5.74) is -0.173. The molecule has 24 heavy (non-hydrogen) atoms. The highest BCUT2D eigenvalue weighted by molar-refractivity contribution is 5.80. The van der Waals surface area contributed by atoms with Gasteiger partial charge in [-0.1, -0.05) is 6.07 Å². The molecule has 0 saturated heterocycles. The number of ether oxygens (including phenoxy) is 2. The maximum Gasteiger partial charge on any atom is 0.408 e. The Kier molecular flexibility index (Phi) is 6.45. The van der Waals surface area contributed by atoms with Crippen LogP contribution in [0.5, 0.6) is 11.5 Å². The predicted molar refractivity (Wildman–Crippen MR) is 88.4 cm³/mol. The molecule has 7 nitrogen and oxygen atoms in total. The Morgan fingerprint density at radius 3 is 2.33 bits per heavy atom. The molecule has 0 saturated carbocycles. The number of phenols is 1. The van der Waals surface area contributed by atoms with Gasteiger partial charge in [0.25, 0.3) is 0 Å². The van der Waals surface area contributed by atoms with Crippen LogP contribution in [0.4, 0.5) is 4.79 Å². The monoisotopic (exact) mass is 339 g/mol. The van der Waals surface area contributed by atoms with Crippen molar-refractivity contribution in [2.45, 2.75) is 58.8 Å². The SMILES string of the molecule is CC(C)Oc1ccc(CC(NC(=O)OC(C)(C)C)C(=O)O)cc1O. The summed E-state index contributed by atoms with van der Waals surface area (Å²) in [7, 11) is 0. The number of amides is 1. The van der Waals surface area contributed by atoms with E-state index in [1.165, 1.54) is 6.07 Å². The molecule has 0 radical (unpaired) electrons. The third kappa shape index (κ3) is 6.76. The zero-order valence-corrected chi connectivity index (χ0v) is 14.6. The zero-order valence-electron chi connectivity index (χ0n) is 14.6. The molecule has 1 amide bonds. The highest BCUT2D eigenvalue weighted by atomic mass is 16.6. The molecule has 0 fully saturated rings. The number of carbonyl (C=O) groups excluding carboxylic acids is 1. The summed E-state index contributed by atoms with van der Waals surface area (Å²) in [6, 6.07) is 3.46. The molecule has 1 aromatic rings. The standard InChI is InChI=1S/C17H25NO6/c1-10(2)23-14-7-6-11(9-13(14)19)8-12(15(20)21)18-16(22)24-17(3,4)5/h6-7,9-10,12,19H,8H2,1-5H3,(H,18,22)(H,20,21). The topological polar surface area (TPSA) is 105 Å². The Morgan fingerprint density at radius 1 is 1.25 bits per heavy atom. The largest absolute Gasteiger partial charge is 0.504 e. The lowest BCUT2D eigenvalue weighted by Crippen LogP contribution is -2.44. The Morgan fingerprint density at radius 2 is 1.88 bits per heavy atom. The first-order valence-electron chi connectivity index (χ1n) is 7.69. The molecule has 0 spiro atoms. The second kappa shape index (κ2) is 7.90. The normalized spacial score (nSPS) is 12.6. The number of alkyl carbamates (subject to hydrolysis) is 1. The van der Waals surface area contributed by atoms with E-state index in [2.05, 4.69) is 5.32 Å². The summed E-state index contributed by atoms with van der Waals surface area (Å²) < 4.78 is 10.5. The first-order valence-corrected chi connectivity index (χ1v) is 7.69. The second-order valence-electron chi connectivity index (χ2n) is 6.71. The van der Waals surface area contributed by atoms with Crippen LogP contribution in [0, 0.1) is 0 Å². The number of carbonyl (C=O) groups is 2. The molecule has 1 unspecified atom stereocenters. The van der Waals surface area contributed by atoms with Crippen LogP contribution < -0.4 is 10.1 Å². The van der Waals surface area contributed by atoms with Crippen molar-refractivity contribution in [3.05, 3.63) is 23.8 Å². The minimum absolute atomic E-state index is 0.00406. The van der Waals surface area contributed by atoms with E-state index >= 15 is 0 Å². The number of phenolic OH excluding ortho intramolecular Hbond substituents is 1. The van der Waals surface area contributed by atoms with E-state index < -0.39 is 23.7 Å². The van der Waals surface area contributed by atoms with E-state index in [1.807, 2.05) is 13.8 Å². The molecule has 0 heterocycles. The van der Waals surface area contributed by atoms with Crippen LogP contribution in [0.3, 0.4) is 0 Å². The smallest absolute Gasteiger partial charge is 0.408 e. The van der Waals surface area contributed by atoms with Crippen molar-refractivity contribution in [1.29, 1.82) is 0 Å². The number of benzene rings is 1. The molecule has 0 aliphatic carbocycles. The van der Waals surface area contributed by atoms with Crippen LogP contribution in [0.1, 0.15) is 40.2 Å². The summed E-state index contributed by atoms with van der Waals surface area (Å²) >= 11 is 0. The van der Waals surface area contributed by atoms with E-state index in [9.17, 15) is 19.8 Å². The number of hydrogen-bond donors (Lipinski definition) is 3. The highest BCUT2D eigenvalue weighted by Crippen LogP contribution is 2.28. The first kappa shape index (κ1) is 19.6. The molecule has 0 aliphatic heterocycles. The van der Waals surface area contributed by atoms with Crippen LogP contribution in [0.15, 0.2) is 18.2 Å². The molecule has 1 atom stereocenters. The van der Waals surface area contributed by atoms with Crippen molar-refractivity contribution >= 4 is 12.1 Å². The van der Waals surface area contributed by atoms with Crippen LogP contribution in [-0.2, 0) is 16.0 Å². The Hall–Kier alpha value is -2.44. The fraction of sp³-hybridized carbons (Fsp3) is 0.529. The third-order valence-electron chi connectivity index (χ3n) is 2.81. The van der Waals surface area contributed by atoms with Crippen molar-refractivity contribution in [2.75, 3.05) is 0 Å². The average Bonchev–Trinajstić information content (AvgIpc) is 2.38. The number of nitrogens with one attached hydrogen (secondary N) is 1. The van der Waals surface area contributed by atoms with Gasteiger partial charge in [0.2, 0.25) is 0 Å². The van der Waals surface area contributed by atoms with Crippen LogP contribution >= 0.6 is 0 Å². The summed E-state index contributed by atoms with van der Waals surface area (Å²) in [4.78, 5) is 23.1. The molecule has 3 N–H and O–H groups in total. The summed E-state index contributed by atoms with van der Waals surface area (Å²) in [6.45, 7) is 8.73. The van der Waals surface area contributed by atoms with Crippen molar-refractivity contribution < 1.29 is 29.3 Å². The van der Waals surface area contributed by atoms with Crippen LogP contribution in [0.2, 0.25) is 0 Å². The van der Waals surface area contributed by atoms with Gasteiger partial charge in [-0.2, -0.15) is 0 Å². The molecular formula is C17H25NO6. The third-order valence-corrected chi connectivity index (χ3v) is 2.81. The van der Waals surface area contributed by atoms with Gasteiger partial charge >= 0.3 is 12.1 Å². The van der Waals surface area contributed by atoms with Gasteiger partial charge in [0, 0.05) is 6.42 Å². The van der Waals surface area contributed by atoms with E-state index in [0.717, 1.165) is 0 Å². The van der Waals surface area contributed by atoms with Gasteiger partial charge in [-0.25, -0.2) is 9.59 Å². The van der Waals surface area contributed by atoms with Gasteiger partial charge in [0.15, 0.2) is 11.5 Å². The summed E-state index contributed by atoms with van der Waals surface area (Å²) in [5, 5.41) is 21.5. The number of hydrogen-bond acceptors (Lipinski definition) is 5. The first-order chi connectivity index (χ1) is 11.0. The van der Waals surface area contributed by atoms with Crippen molar-refractivity contribution in [3.63, 3.8) is 0 Å². The number of aromatic hydroxyl groups is 1. The lowest BCUT2D eigenvalue weighted by atomic mass is 10.1. The lowest BCUT2D eigenvalue weighted by molar-refractivity contribution is -0.139. The van der Waals surface area contributed by atoms with Gasteiger partial charge < -0.3 is 25.0 Å². The number of rotatable bonds is 6. The molecule has 1 aromatic carbocycles. The predicted octanol–water partition coefficient (Wildman–Crippen LogP) is 2.70. The molecule has 0 bridgehead atoms. The van der Waals surface area contributed by atoms with E-state index in [4.69, 9.17) is 9.47 Å². The Bertz CT molecular complexity index is 591. The maximum absolute atomic E-state index is 11.7. The van der Waals surface area contributed by atoms with Gasteiger partial charge in [0.05, 0.1) is 6.10 Å². The Balaban J connectivity index is 2.80. The van der Waals surface area contributed by atoms with Crippen molar-refractivity contribution in [2.24, 2.45) is 0 Å². The van der Waals surface area contributed by atoms with Crippen LogP contribution in [-0.4, -0.2) is 40.0 Å². The van der Waals surface area contributed by atoms with Crippen LogP contribution in [0.25, 0.3) is 0 Å². The molecule has 0 aromatic heterocycles. The maximum atomic E-state index is 11.7. The second-order valence-corrected chi connectivity index (χ2v) is 6.71. The summed E-state index contributed by atoms with van der Waals surface area (Å²) in [5.74, 6) is -0.953. The molecule has 134 valence electrons. The summed E-state index contributed by atoms with van der Waals surface area (Å²) in [6.07, 6.45) is -0.898. The van der Waals surface area contributed by atoms with Crippen molar-refractivity contribution in [3.8, 4) is 11.5 Å². The minimum atomic E-state index is -1.19. The average molecular weight is 339 g/mol. The molecule has 1 rings (SSSR count). The Labute approximate surface area is 141 Å². The zero-order chi connectivity index (χ0) is 18.5. The molecule has 0 aliphatic rings. The minimum Gasteiger partial charge on any atom is -0.504 e. The van der Waals surface area contributed by atoms with Gasteiger partial charge in [-0.15, -0.1) is 0 Å².